The van der Waals surface area contributed by atoms with E-state index in [0.717, 1.165) is 5.56 Å². The number of fused-ring (bicyclic) bond motifs is 1. The molecule has 19 heavy (non-hydrogen) atoms. The summed E-state index contributed by atoms with van der Waals surface area (Å²) in [6.45, 7) is 4.09. The van der Waals surface area contributed by atoms with Crippen molar-refractivity contribution in [3.63, 3.8) is 0 Å². The van der Waals surface area contributed by atoms with Crippen molar-refractivity contribution in [1.29, 1.82) is 0 Å². The Morgan fingerprint density at radius 1 is 0.947 bits per heavy atom. The summed E-state index contributed by atoms with van der Waals surface area (Å²) < 4.78 is 5.75. The summed E-state index contributed by atoms with van der Waals surface area (Å²) in [5.41, 5.74) is 4.52. The van der Waals surface area contributed by atoms with Crippen molar-refractivity contribution in [2.45, 2.75) is 13.8 Å². The third kappa shape index (κ3) is 2.34. The van der Waals surface area contributed by atoms with Gasteiger partial charge >= 0.3 is 0 Å². The molecular weight excluding hydrogens is 281 g/mol. The number of hydrogen-bond acceptors (Lipinski definition) is 2. The smallest absolute Gasteiger partial charge is 0.227 e. The molecule has 0 atom stereocenters. The normalized spacial score (nSPS) is 11.2. The molecule has 1 heterocycles. The molecule has 0 fully saturated rings. The Hall–Kier alpha value is -1.51. The molecule has 0 aliphatic carbocycles. The zero-order chi connectivity index (χ0) is 13.6. The van der Waals surface area contributed by atoms with Gasteiger partial charge < -0.3 is 4.42 Å². The summed E-state index contributed by atoms with van der Waals surface area (Å²) in [5.74, 6) is 0.561. The maximum atomic E-state index is 6.11. The lowest BCUT2D eigenvalue weighted by molar-refractivity contribution is 0.620. The molecule has 2 aromatic carbocycles. The third-order valence-electron chi connectivity index (χ3n) is 2.88. The first-order valence-corrected chi connectivity index (χ1v) is 6.63. The SMILES string of the molecule is Cc1cc(C)cc(-c2nc3cc(Cl)cc(Cl)c3o2)c1. The zero-order valence-electron chi connectivity index (χ0n) is 10.5. The number of halogens is 2. The van der Waals surface area contributed by atoms with Gasteiger partial charge in [-0.25, -0.2) is 4.98 Å². The van der Waals surface area contributed by atoms with Gasteiger partial charge in [0.05, 0.1) is 5.02 Å². The molecule has 0 aliphatic rings. The highest BCUT2D eigenvalue weighted by atomic mass is 35.5. The molecule has 4 heteroatoms. The fraction of sp³-hybridized carbons (Fsp3) is 0.133. The van der Waals surface area contributed by atoms with Crippen LogP contribution < -0.4 is 0 Å². The fourth-order valence-electron chi connectivity index (χ4n) is 2.18. The van der Waals surface area contributed by atoms with E-state index >= 15 is 0 Å². The van der Waals surface area contributed by atoms with Crippen LogP contribution in [0.2, 0.25) is 10.0 Å². The first kappa shape index (κ1) is 12.5. The second-order valence-corrected chi connectivity index (χ2v) is 5.47. The van der Waals surface area contributed by atoms with E-state index in [1.807, 2.05) is 26.0 Å². The summed E-state index contributed by atoms with van der Waals surface area (Å²) in [6.07, 6.45) is 0. The van der Waals surface area contributed by atoms with Gasteiger partial charge in [-0.2, -0.15) is 0 Å². The molecule has 96 valence electrons. The van der Waals surface area contributed by atoms with E-state index in [1.165, 1.54) is 11.1 Å². The number of hydrogen-bond donors (Lipinski definition) is 0. The van der Waals surface area contributed by atoms with Gasteiger partial charge in [0.2, 0.25) is 5.89 Å². The highest BCUT2D eigenvalue weighted by Gasteiger charge is 2.12. The predicted molar refractivity (Wildman–Crippen MR) is 78.9 cm³/mol. The Morgan fingerprint density at radius 3 is 2.32 bits per heavy atom. The molecule has 3 rings (SSSR count). The molecule has 2 nitrogen and oxygen atoms in total. The molecule has 0 N–H and O–H groups in total. The van der Waals surface area contributed by atoms with E-state index in [4.69, 9.17) is 27.6 Å². The zero-order valence-corrected chi connectivity index (χ0v) is 12.0. The molecule has 0 saturated heterocycles. The van der Waals surface area contributed by atoms with E-state index in [-0.39, 0.29) is 0 Å². The van der Waals surface area contributed by atoms with Crippen LogP contribution in [0.4, 0.5) is 0 Å². The van der Waals surface area contributed by atoms with Crippen LogP contribution in [0.1, 0.15) is 11.1 Å². The molecule has 0 saturated carbocycles. The minimum absolute atomic E-state index is 0.477. The lowest BCUT2D eigenvalue weighted by Gasteiger charge is -2.00. The Morgan fingerprint density at radius 2 is 1.63 bits per heavy atom. The summed E-state index contributed by atoms with van der Waals surface area (Å²) in [6, 6.07) is 9.58. The molecule has 3 aromatic rings. The highest BCUT2D eigenvalue weighted by Crippen LogP contribution is 2.32. The average Bonchev–Trinajstić information content (AvgIpc) is 2.71. The summed E-state index contributed by atoms with van der Waals surface area (Å²) in [4.78, 5) is 4.45. The molecule has 1 aromatic heterocycles. The van der Waals surface area contributed by atoms with Gasteiger partial charge in [-0.05, 0) is 38.1 Å². The molecule has 0 spiro atoms. The Bertz CT molecular complexity index is 757. The van der Waals surface area contributed by atoms with Crippen LogP contribution in [0.25, 0.3) is 22.6 Å². The number of aryl methyl sites for hydroxylation is 2. The van der Waals surface area contributed by atoms with Crippen LogP contribution in [0.15, 0.2) is 34.7 Å². The Kier molecular flexibility index (Phi) is 3.00. The lowest BCUT2D eigenvalue weighted by atomic mass is 10.1. The molecule has 0 radical (unpaired) electrons. The molecule has 0 aliphatic heterocycles. The second-order valence-electron chi connectivity index (χ2n) is 4.63. The van der Waals surface area contributed by atoms with Gasteiger partial charge in [-0.15, -0.1) is 0 Å². The maximum Gasteiger partial charge on any atom is 0.227 e. The number of nitrogens with zero attached hydrogens (tertiary/aromatic N) is 1. The first-order chi connectivity index (χ1) is 9.02. The Balaban J connectivity index is 2.23. The summed E-state index contributed by atoms with van der Waals surface area (Å²) >= 11 is 12.1. The average molecular weight is 292 g/mol. The molecule has 0 amide bonds. The van der Waals surface area contributed by atoms with Gasteiger partial charge in [-0.1, -0.05) is 40.4 Å². The minimum Gasteiger partial charge on any atom is -0.435 e. The third-order valence-corrected chi connectivity index (χ3v) is 3.38. The van der Waals surface area contributed by atoms with Crippen molar-refractivity contribution in [2.75, 3.05) is 0 Å². The monoisotopic (exact) mass is 291 g/mol. The van der Waals surface area contributed by atoms with Crippen LogP contribution in [0.3, 0.4) is 0 Å². The number of rotatable bonds is 1. The van der Waals surface area contributed by atoms with Crippen molar-refractivity contribution in [2.24, 2.45) is 0 Å². The van der Waals surface area contributed by atoms with Crippen LogP contribution in [-0.4, -0.2) is 4.98 Å². The number of aromatic nitrogens is 1. The summed E-state index contributed by atoms with van der Waals surface area (Å²) in [7, 11) is 0. The van der Waals surface area contributed by atoms with Gasteiger partial charge in [0, 0.05) is 10.6 Å². The first-order valence-electron chi connectivity index (χ1n) is 5.87. The maximum absolute atomic E-state index is 6.11. The van der Waals surface area contributed by atoms with Crippen LogP contribution >= 0.6 is 23.2 Å². The predicted octanol–water partition coefficient (Wildman–Crippen LogP) is 5.42. The van der Waals surface area contributed by atoms with Crippen LogP contribution in [-0.2, 0) is 0 Å². The standard InChI is InChI=1S/C15H11Cl2NO/c1-8-3-9(2)5-10(4-8)15-18-13-7-11(16)6-12(17)14(13)19-15/h3-7H,1-2H3. The second kappa shape index (κ2) is 4.55. The van der Waals surface area contributed by atoms with Crippen molar-refractivity contribution in [3.05, 3.63) is 51.5 Å². The largest absolute Gasteiger partial charge is 0.435 e. The molecule has 0 unspecified atom stereocenters. The van der Waals surface area contributed by atoms with Crippen LogP contribution in [0, 0.1) is 13.8 Å². The van der Waals surface area contributed by atoms with Crippen molar-refractivity contribution >= 4 is 34.3 Å². The van der Waals surface area contributed by atoms with Gasteiger partial charge in [0.25, 0.3) is 0 Å². The van der Waals surface area contributed by atoms with Gasteiger partial charge in [0.15, 0.2) is 5.58 Å². The van der Waals surface area contributed by atoms with E-state index < -0.39 is 0 Å². The minimum atomic E-state index is 0.477. The van der Waals surface area contributed by atoms with E-state index in [1.54, 1.807) is 12.1 Å². The van der Waals surface area contributed by atoms with Crippen molar-refractivity contribution in [3.8, 4) is 11.5 Å². The number of benzene rings is 2. The lowest BCUT2D eigenvalue weighted by Crippen LogP contribution is -1.82. The molecule has 0 bridgehead atoms. The van der Waals surface area contributed by atoms with E-state index in [2.05, 4.69) is 11.1 Å². The van der Waals surface area contributed by atoms with Crippen molar-refractivity contribution in [1.82, 2.24) is 4.98 Å². The van der Waals surface area contributed by atoms with E-state index in [0.29, 0.717) is 27.0 Å². The van der Waals surface area contributed by atoms with Gasteiger partial charge in [0.1, 0.15) is 5.52 Å². The highest BCUT2D eigenvalue weighted by molar-refractivity contribution is 6.38. The van der Waals surface area contributed by atoms with Crippen molar-refractivity contribution < 1.29 is 4.42 Å². The summed E-state index contributed by atoms with van der Waals surface area (Å²) in [5, 5.41) is 1.03. The van der Waals surface area contributed by atoms with E-state index in [9.17, 15) is 0 Å². The van der Waals surface area contributed by atoms with Gasteiger partial charge in [-0.3, -0.25) is 0 Å². The van der Waals surface area contributed by atoms with Crippen LogP contribution in [0.5, 0.6) is 0 Å². The Labute approximate surface area is 121 Å². The topological polar surface area (TPSA) is 26.0 Å². The molecular formula is C15H11Cl2NO. The fourth-order valence-corrected chi connectivity index (χ4v) is 2.70. The number of oxazole rings is 1. The quantitative estimate of drug-likeness (QED) is 0.598.